The highest BCUT2D eigenvalue weighted by Gasteiger charge is 2.11. The van der Waals surface area contributed by atoms with Crippen LogP contribution in [0.3, 0.4) is 0 Å². The molecule has 0 saturated carbocycles. The molecule has 0 unspecified atom stereocenters. The molecule has 0 atom stereocenters. The normalized spacial score (nSPS) is 11.0. The monoisotopic (exact) mass is 316 g/mol. The fraction of sp³-hybridized carbons (Fsp3) is 0.100. The molecule has 4 heteroatoms. The Balaban J connectivity index is 1.54. The largest absolute Gasteiger partial charge is 0.464 e. The molecule has 4 aromatic rings. The maximum absolute atomic E-state index is 12.3. The first kappa shape index (κ1) is 14.5. The summed E-state index contributed by atoms with van der Waals surface area (Å²) < 4.78 is 5.55. The standard InChI is InChI=1S/C20H16N2O2/c1-13-6-7-17-15(12-24-19(17)8-13)10-20(23)22-16-9-14-4-2-3-5-18(14)21-11-16/h2-9,11-12H,10H2,1H3,(H,22,23). The van der Waals surface area contributed by atoms with Crippen molar-refractivity contribution in [2.75, 3.05) is 5.32 Å². The Morgan fingerprint density at radius 3 is 2.96 bits per heavy atom. The number of amides is 1. The van der Waals surface area contributed by atoms with Gasteiger partial charge >= 0.3 is 0 Å². The Hall–Kier alpha value is -3.14. The average Bonchev–Trinajstić information content (AvgIpc) is 2.96. The quantitative estimate of drug-likeness (QED) is 0.606. The van der Waals surface area contributed by atoms with Crippen LogP contribution in [-0.2, 0) is 11.2 Å². The Kier molecular flexibility index (Phi) is 3.50. The fourth-order valence-corrected chi connectivity index (χ4v) is 2.84. The minimum absolute atomic E-state index is 0.0876. The van der Waals surface area contributed by atoms with Crippen molar-refractivity contribution in [3.63, 3.8) is 0 Å². The predicted octanol–water partition coefficient (Wildman–Crippen LogP) is 4.47. The van der Waals surface area contributed by atoms with Gasteiger partial charge in [0.1, 0.15) is 5.58 Å². The number of furan rings is 1. The van der Waals surface area contributed by atoms with Gasteiger partial charge in [0.05, 0.1) is 30.1 Å². The lowest BCUT2D eigenvalue weighted by Gasteiger charge is -2.05. The summed E-state index contributed by atoms with van der Waals surface area (Å²) >= 11 is 0. The first-order valence-electron chi connectivity index (χ1n) is 7.80. The highest BCUT2D eigenvalue weighted by atomic mass is 16.3. The number of hydrogen-bond donors (Lipinski definition) is 1. The molecular formula is C20H16N2O2. The van der Waals surface area contributed by atoms with Gasteiger partial charge in [-0.2, -0.15) is 0 Å². The van der Waals surface area contributed by atoms with Crippen LogP contribution in [0, 0.1) is 6.92 Å². The predicted molar refractivity (Wildman–Crippen MR) is 95.0 cm³/mol. The average molecular weight is 316 g/mol. The van der Waals surface area contributed by atoms with Crippen molar-refractivity contribution in [3.05, 3.63) is 72.1 Å². The van der Waals surface area contributed by atoms with E-state index in [9.17, 15) is 4.79 Å². The van der Waals surface area contributed by atoms with Crippen LogP contribution in [0.25, 0.3) is 21.9 Å². The zero-order chi connectivity index (χ0) is 16.5. The summed E-state index contributed by atoms with van der Waals surface area (Å²) in [6.45, 7) is 2.01. The molecule has 0 saturated heterocycles. The minimum Gasteiger partial charge on any atom is -0.464 e. The van der Waals surface area contributed by atoms with Gasteiger partial charge in [0, 0.05) is 16.3 Å². The second-order valence-corrected chi connectivity index (χ2v) is 5.90. The first-order chi connectivity index (χ1) is 11.7. The van der Waals surface area contributed by atoms with E-state index in [0.29, 0.717) is 5.69 Å². The van der Waals surface area contributed by atoms with E-state index in [1.807, 2.05) is 55.5 Å². The lowest BCUT2D eigenvalue weighted by atomic mass is 10.1. The zero-order valence-electron chi connectivity index (χ0n) is 13.2. The van der Waals surface area contributed by atoms with Crippen molar-refractivity contribution in [2.45, 2.75) is 13.3 Å². The molecule has 2 aromatic heterocycles. The maximum Gasteiger partial charge on any atom is 0.228 e. The number of aromatic nitrogens is 1. The van der Waals surface area contributed by atoms with E-state index >= 15 is 0 Å². The van der Waals surface area contributed by atoms with E-state index in [0.717, 1.165) is 33.0 Å². The van der Waals surface area contributed by atoms with E-state index in [1.165, 1.54) is 0 Å². The van der Waals surface area contributed by atoms with Crippen molar-refractivity contribution in [2.24, 2.45) is 0 Å². The number of benzene rings is 2. The summed E-state index contributed by atoms with van der Waals surface area (Å²) in [5.74, 6) is -0.0876. The van der Waals surface area contributed by atoms with Crippen molar-refractivity contribution in [1.82, 2.24) is 4.98 Å². The van der Waals surface area contributed by atoms with Crippen LogP contribution in [0.4, 0.5) is 5.69 Å². The highest BCUT2D eigenvalue weighted by molar-refractivity contribution is 5.96. The summed E-state index contributed by atoms with van der Waals surface area (Å²) in [5.41, 5.74) is 4.44. The van der Waals surface area contributed by atoms with Crippen molar-refractivity contribution in [1.29, 1.82) is 0 Å². The third-order valence-corrected chi connectivity index (χ3v) is 4.04. The number of fused-ring (bicyclic) bond motifs is 2. The number of anilines is 1. The van der Waals surface area contributed by atoms with E-state index in [1.54, 1.807) is 12.5 Å². The Morgan fingerprint density at radius 1 is 1.17 bits per heavy atom. The molecule has 0 fully saturated rings. The van der Waals surface area contributed by atoms with Crippen LogP contribution in [0.5, 0.6) is 0 Å². The molecule has 4 rings (SSSR count). The van der Waals surface area contributed by atoms with Crippen LogP contribution in [0.1, 0.15) is 11.1 Å². The summed E-state index contributed by atoms with van der Waals surface area (Å²) in [4.78, 5) is 16.7. The molecule has 0 bridgehead atoms. The number of nitrogens with zero attached hydrogens (tertiary/aromatic N) is 1. The molecule has 0 spiro atoms. The van der Waals surface area contributed by atoms with Crippen LogP contribution in [0.2, 0.25) is 0 Å². The van der Waals surface area contributed by atoms with Gasteiger partial charge in [-0.15, -0.1) is 0 Å². The lowest BCUT2D eigenvalue weighted by molar-refractivity contribution is -0.115. The summed E-state index contributed by atoms with van der Waals surface area (Å²) in [6, 6.07) is 15.7. The maximum atomic E-state index is 12.3. The van der Waals surface area contributed by atoms with Gasteiger partial charge in [-0.1, -0.05) is 30.3 Å². The molecular weight excluding hydrogens is 300 g/mol. The van der Waals surface area contributed by atoms with E-state index < -0.39 is 0 Å². The SMILES string of the molecule is Cc1ccc2c(CC(=O)Nc3cnc4ccccc4c3)coc2c1. The molecule has 4 nitrogen and oxygen atoms in total. The molecule has 2 aromatic carbocycles. The molecule has 0 aliphatic carbocycles. The molecule has 2 heterocycles. The van der Waals surface area contributed by atoms with Gasteiger partial charge in [-0.3, -0.25) is 9.78 Å². The zero-order valence-corrected chi connectivity index (χ0v) is 13.2. The van der Waals surface area contributed by atoms with Gasteiger partial charge in [0.15, 0.2) is 0 Å². The van der Waals surface area contributed by atoms with Crippen LogP contribution < -0.4 is 5.32 Å². The van der Waals surface area contributed by atoms with Gasteiger partial charge in [-0.05, 0) is 30.7 Å². The Labute approximate surface area is 139 Å². The lowest BCUT2D eigenvalue weighted by Crippen LogP contribution is -2.14. The number of pyridine rings is 1. The highest BCUT2D eigenvalue weighted by Crippen LogP contribution is 2.23. The van der Waals surface area contributed by atoms with Crippen LogP contribution in [-0.4, -0.2) is 10.9 Å². The molecule has 24 heavy (non-hydrogen) atoms. The Morgan fingerprint density at radius 2 is 2.04 bits per heavy atom. The molecule has 1 amide bonds. The topological polar surface area (TPSA) is 55.1 Å². The van der Waals surface area contributed by atoms with E-state index in [-0.39, 0.29) is 12.3 Å². The van der Waals surface area contributed by atoms with Crippen LogP contribution in [0.15, 0.2) is 65.4 Å². The number of nitrogens with one attached hydrogen (secondary N) is 1. The second kappa shape index (κ2) is 5.81. The molecule has 0 aliphatic rings. The number of hydrogen-bond acceptors (Lipinski definition) is 3. The van der Waals surface area contributed by atoms with Gasteiger partial charge in [0.25, 0.3) is 0 Å². The van der Waals surface area contributed by atoms with E-state index in [2.05, 4.69) is 10.3 Å². The second-order valence-electron chi connectivity index (χ2n) is 5.90. The van der Waals surface area contributed by atoms with Crippen molar-refractivity contribution in [3.8, 4) is 0 Å². The summed E-state index contributed by atoms with van der Waals surface area (Å²) in [5, 5.41) is 4.88. The third kappa shape index (κ3) is 2.74. The fourth-order valence-electron chi connectivity index (χ4n) is 2.84. The van der Waals surface area contributed by atoms with Gasteiger partial charge in [0.2, 0.25) is 5.91 Å². The number of para-hydroxylation sites is 1. The van der Waals surface area contributed by atoms with Gasteiger partial charge < -0.3 is 9.73 Å². The molecule has 1 N–H and O–H groups in total. The number of rotatable bonds is 3. The number of aryl methyl sites for hydroxylation is 1. The summed E-state index contributed by atoms with van der Waals surface area (Å²) in [7, 11) is 0. The first-order valence-corrected chi connectivity index (χ1v) is 7.80. The Bertz CT molecular complexity index is 1050. The number of carbonyl (C=O) groups excluding carboxylic acids is 1. The molecule has 0 radical (unpaired) electrons. The molecule has 118 valence electrons. The van der Waals surface area contributed by atoms with Crippen molar-refractivity contribution < 1.29 is 9.21 Å². The molecule has 0 aliphatic heterocycles. The minimum atomic E-state index is -0.0876. The van der Waals surface area contributed by atoms with Crippen LogP contribution >= 0.6 is 0 Å². The smallest absolute Gasteiger partial charge is 0.228 e. The third-order valence-electron chi connectivity index (χ3n) is 4.04. The van der Waals surface area contributed by atoms with Gasteiger partial charge in [-0.25, -0.2) is 0 Å². The van der Waals surface area contributed by atoms with E-state index in [4.69, 9.17) is 4.42 Å². The van der Waals surface area contributed by atoms with Crippen molar-refractivity contribution >= 4 is 33.5 Å². The number of carbonyl (C=O) groups is 1. The summed E-state index contributed by atoms with van der Waals surface area (Å²) in [6.07, 6.45) is 3.60.